The molecule has 3 aromatic rings. The van der Waals surface area contributed by atoms with Crippen LogP contribution in [0.4, 0.5) is 0 Å². The summed E-state index contributed by atoms with van der Waals surface area (Å²) in [6, 6.07) is 16.2. The molecule has 0 spiro atoms. The van der Waals surface area contributed by atoms with Crippen molar-refractivity contribution in [3.05, 3.63) is 158 Å². The summed E-state index contributed by atoms with van der Waals surface area (Å²) in [5.74, 6) is 1.09. The first-order valence-corrected chi connectivity index (χ1v) is 33.1. The van der Waals surface area contributed by atoms with Gasteiger partial charge in [-0.25, -0.2) is 0 Å². The SMILES string of the molecule is C=C(CCC1=CC(C(C)(C)C)=C(C)C(C(C)(C)C)C1)CCC(CCC)(CCCCCCc1cc(C(C)(C)C)c(O)c(C(C)(C)C)c1)COC.C=CCc1cc(C(C)(C)C)c(C)c(C(C)(C)C)c1.C=CCc1cc(C(C)(C)C)cc(C(C)(C)C)c1. The first-order chi connectivity index (χ1) is 38.2. The topological polar surface area (TPSA) is 29.5 Å². The highest BCUT2D eigenvalue weighted by molar-refractivity contribution is 5.50. The second-order valence-corrected chi connectivity index (χ2v) is 34.4. The van der Waals surface area contributed by atoms with E-state index in [2.05, 4.69) is 255 Å². The summed E-state index contributed by atoms with van der Waals surface area (Å²) in [5.41, 5.74) is 21.0. The molecule has 474 valence electrons. The quantitative estimate of drug-likeness (QED) is 0.0851. The van der Waals surface area contributed by atoms with Crippen molar-refractivity contribution >= 4 is 0 Å². The Hall–Kier alpha value is -3.88. The summed E-state index contributed by atoms with van der Waals surface area (Å²) in [7, 11) is 1.89. The van der Waals surface area contributed by atoms with E-state index in [0.29, 0.717) is 11.7 Å². The van der Waals surface area contributed by atoms with Crippen LogP contribution in [0.5, 0.6) is 5.75 Å². The van der Waals surface area contributed by atoms with Crippen LogP contribution in [0.25, 0.3) is 0 Å². The molecule has 0 saturated carbocycles. The second-order valence-electron chi connectivity index (χ2n) is 34.4. The molecule has 2 atom stereocenters. The van der Waals surface area contributed by atoms with E-state index < -0.39 is 0 Å². The van der Waals surface area contributed by atoms with Gasteiger partial charge in [0.25, 0.3) is 0 Å². The van der Waals surface area contributed by atoms with Crippen LogP contribution in [-0.2, 0) is 56.5 Å². The van der Waals surface area contributed by atoms with Crippen molar-refractivity contribution in [3.8, 4) is 5.75 Å². The van der Waals surface area contributed by atoms with Crippen LogP contribution in [0.15, 0.2) is 103 Å². The molecule has 2 unspecified atom stereocenters. The van der Waals surface area contributed by atoms with E-state index in [1.54, 1.807) is 16.7 Å². The van der Waals surface area contributed by atoms with Crippen molar-refractivity contribution in [2.24, 2.45) is 22.2 Å². The van der Waals surface area contributed by atoms with E-state index in [0.717, 1.165) is 56.3 Å². The van der Waals surface area contributed by atoms with Gasteiger partial charge in [0, 0.05) is 7.11 Å². The molecule has 2 heteroatoms. The Labute approximate surface area is 522 Å². The minimum Gasteiger partial charge on any atom is -0.507 e. The average molecular weight is 1150 g/mol. The molecule has 1 aliphatic carbocycles. The number of phenolic OH excluding ortho intramolecular Hbond substituents is 1. The van der Waals surface area contributed by atoms with Crippen molar-refractivity contribution in [1.29, 1.82) is 0 Å². The van der Waals surface area contributed by atoms with Gasteiger partial charge in [-0.2, -0.15) is 0 Å². The maximum Gasteiger partial charge on any atom is 0.123 e. The summed E-state index contributed by atoms with van der Waals surface area (Å²) in [4.78, 5) is 0. The highest BCUT2D eigenvalue weighted by Crippen LogP contribution is 2.47. The summed E-state index contributed by atoms with van der Waals surface area (Å²) >= 11 is 0. The minimum atomic E-state index is -0.0793. The number of benzene rings is 3. The molecule has 0 aliphatic heterocycles. The van der Waals surface area contributed by atoms with Gasteiger partial charge < -0.3 is 9.84 Å². The van der Waals surface area contributed by atoms with Gasteiger partial charge in [0.1, 0.15) is 5.75 Å². The van der Waals surface area contributed by atoms with Crippen molar-refractivity contribution < 1.29 is 9.84 Å². The zero-order chi connectivity index (χ0) is 64.8. The maximum atomic E-state index is 11.1. The van der Waals surface area contributed by atoms with Gasteiger partial charge in [0.2, 0.25) is 0 Å². The fourth-order valence-electron chi connectivity index (χ4n) is 12.9. The first-order valence-electron chi connectivity index (χ1n) is 33.1. The fraction of sp³-hybridized carbons (Fsp3) is 0.659. The standard InChI is InChI=1S/C47H80O2.C18H28.C17H26/c1-17-26-47(33-49-16,27-21-19-18-20-22-36-31-40(45(10,11)12)42(48)41(32-36)46(13,14)15)28-25-34(2)23-24-37-29-38(43(4,5)6)35(3)39(30-37)44(7,8)9;1-9-10-14-11-15(17(3,4)5)13(2)16(12-14)18(6,7)8;1-8-9-13-10-14(16(2,3)4)12-15(11-13)17(5,6)7/h29,31-32,39,48H,2,17-28,30,33H2,1,3-16H3;9,11-12H,1,10H2,2-8H3;8,10-12H,1,9H2,2-7H3. The van der Waals surface area contributed by atoms with Crippen molar-refractivity contribution in [1.82, 2.24) is 0 Å². The normalized spacial score (nSPS) is 15.6. The van der Waals surface area contributed by atoms with E-state index in [1.165, 1.54) is 108 Å². The lowest BCUT2D eigenvalue weighted by atomic mass is 9.66. The molecule has 2 nitrogen and oxygen atoms in total. The third kappa shape index (κ3) is 24.0. The van der Waals surface area contributed by atoms with E-state index >= 15 is 0 Å². The number of methoxy groups -OCH3 is 1. The maximum absolute atomic E-state index is 11.1. The summed E-state index contributed by atoms with van der Waals surface area (Å²) in [6.45, 7) is 75.1. The fourth-order valence-corrected chi connectivity index (χ4v) is 12.9. The van der Waals surface area contributed by atoms with Crippen LogP contribution in [0, 0.1) is 29.1 Å². The zero-order valence-corrected chi connectivity index (χ0v) is 60.6. The van der Waals surface area contributed by atoms with Gasteiger partial charge >= 0.3 is 0 Å². The number of ether oxygens (including phenoxy) is 1. The van der Waals surface area contributed by atoms with Gasteiger partial charge in [-0.05, 0) is 200 Å². The number of unbranched alkanes of at least 4 members (excludes halogenated alkanes) is 3. The Morgan fingerprint density at radius 3 is 1.36 bits per heavy atom. The lowest BCUT2D eigenvalue weighted by Gasteiger charge is -2.39. The average Bonchev–Trinajstić information content (AvgIpc) is 2.76. The largest absolute Gasteiger partial charge is 0.507 e. The predicted molar refractivity (Wildman–Crippen MR) is 377 cm³/mol. The van der Waals surface area contributed by atoms with Crippen LogP contribution in [0.1, 0.15) is 313 Å². The second kappa shape index (κ2) is 30.8. The van der Waals surface area contributed by atoms with Crippen LogP contribution in [0.2, 0.25) is 0 Å². The Balaban J connectivity index is 0.000000554. The summed E-state index contributed by atoms with van der Waals surface area (Å²) in [6.07, 6.45) is 23.8. The van der Waals surface area contributed by atoms with E-state index in [-0.39, 0.29) is 48.7 Å². The molecule has 0 bridgehead atoms. The number of hydrogen-bond donors (Lipinski definition) is 1. The van der Waals surface area contributed by atoms with Crippen molar-refractivity contribution in [2.75, 3.05) is 13.7 Å². The molecule has 3 aromatic carbocycles. The molecule has 1 N–H and O–H groups in total. The van der Waals surface area contributed by atoms with Gasteiger partial charge in [-0.3, -0.25) is 0 Å². The predicted octanol–water partition coefficient (Wildman–Crippen LogP) is 24.7. The molecule has 0 amide bonds. The van der Waals surface area contributed by atoms with E-state index in [9.17, 15) is 5.11 Å². The number of aryl methyl sites for hydroxylation is 1. The van der Waals surface area contributed by atoms with Gasteiger partial charge in [-0.15, -0.1) is 13.2 Å². The van der Waals surface area contributed by atoms with Crippen molar-refractivity contribution in [2.45, 2.75) is 316 Å². The van der Waals surface area contributed by atoms with Crippen LogP contribution in [-0.4, -0.2) is 18.8 Å². The summed E-state index contributed by atoms with van der Waals surface area (Å²) < 4.78 is 5.90. The van der Waals surface area contributed by atoms with Gasteiger partial charge in [0.05, 0.1) is 6.61 Å². The van der Waals surface area contributed by atoms with Crippen LogP contribution < -0.4 is 0 Å². The Kier molecular flexibility index (Phi) is 28.0. The molecule has 1 aliphatic rings. The lowest BCUT2D eigenvalue weighted by Crippen LogP contribution is -2.28. The monoisotopic (exact) mass is 1150 g/mol. The van der Waals surface area contributed by atoms with Crippen LogP contribution >= 0.6 is 0 Å². The Morgan fingerprint density at radius 2 is 0.964 bits per heavy atom. The number of aromatic hydroxyl groups is 1. The summed E-state index contributed by atoms with van der Waals surface area (Å²) in [5, 5.41) is 11.1. The highest BCUT2D eigenvalue weighted by atomic mass is 16.5. The Bertz CT molecular complexity index is 2540. The van der Waals surface area contributed by atoms with E-state index in [1.807, 2.05) is 19.3 Å². The van der Waals surface area contributed by atoms with Gasteiger partial charge in [0.15, 0.2) is 0 Å². The smallest absolute Gasteiger partial charge is 0.123 e. The molecule has 0 saturated heterocycles. The lowest BCUT2D eigenvalue weighted by molar-refractivity contribution is 0.0549. The van der Waals surface area contributed by atoms with E-state index in [4.69, 9.17) is 4.74 Å². The molecule has 84 heavy (non-hydrogen) atoms. The molecular formula is C82H134O2. The third-order valence-corrected chi connectivity index (χ3v) is 17.9. The third-order valence-electron chi connectivity index (χ3n) is 17.9. The molecular weight excluding hydrogens is 1020 g/mol. The molecule has 0 fully saturated rings. The number of allylic oxidation sites excluding steroid dienone is 7. The molecule has 4 rings (SSSR count). The highest BCUT2D eigenvalue weighted by Gasteiger charge is 2.35. The molecule has 0 radical (unpaired) electrons. The molecule has 0 aromatic heterocycles. The minimum absolute atomic E-state index is 0.0793. The first kappa shape index (κ1) is 76.2. The van der Waals surface area contributed by atoms with Gasteiger partial charge in [-0.1, -0.05) is 283 Å². The number of rotatable bonds is 21. The van der Waals surface area contributed by atoms with Crippen molar-refractivity contribution in [3.63, 3.8) is 0 Å². The Morgan fingerprint density at radius 1 is 0.524 bits per heavy atom. The number of phenols is 1. The number of hydrogen-bond acceptors (Lipinski definition) is 2. The molecule has 0 heterocycles. The van der Waals surface area contributed by atoms with Crippen LogP contribution in [0.3, 0.4) is 0 Å². The zero-order valence-electron chi connectivity index (χ0n) is 60.6.